The van der Waals surface area contributed by atoms with E-state index in [0.29, 0.717) is 0 Å². The van der Waals surface area contributed by atoms with Gasteiger partial charge in [0.25, 0.3) is 0 Å². The second-order valence-electron chi connectivity index (χ2n) is 3.79. The Bertz CT molecular complexity index is 542. The highest BCUT2D eigenvalue weighted by molar-refractivity contribution is 14.1. The second kappa shape index (κ2) is 6.57. The molecule has 1 nitrogen and oxygen atoms in total. The zero-order chi connectivity index (χ0) is 13.1. The molecule has 0 bridgehead atoms. The van der Waals surface area contributed by atoms with Crippen molar-refractivity contribution in [3.63, 3.8) is 0 Å². The van der Waals surface area contributed by atoms with Crippen molar-refractivity contribution in [2.45, 2.75) is 13.0 Å². The predicted octanol–water partition coefficient (Wildman–Crippen LogP) is 5.36. The number of thiophene rings is 1. The van der Waals surface area contributed by atoms with Gasteiger partial charge in [0.05, 0.1) is 14.7 Å². The molecule has 1 N–H and O–H groups in total. The van der Waals surface area contributed by atoms with Crippen LogP contribution in [0.15, 0.2) is 30.3 Å². The Balaban J connectivity index is 2.46. The molecule has 1 atom stereocenters. The van der Waals surface area contributed by atoms with E-state index in [2.05, 4.69) is 47.0 Å². The largest absolute Gasteiger partial charge is 0.306 e. The average Bonchev–Trinajstić information content (AvgIpc) is 2.66. The van der Waals surface area contributed by atoms with Crippen LogP contribution in [-0.2, 0) is 0 Å². The smallest absolute Gasteiger partial charge is 0.0995 e. The quantitative estimate of drug-likeness (QED) is 0.668. The van der Waals surface area contributed by atoms with Gasteiger partial charge in [0.2, 0.25) is 0 Å². The summed E-state index contributed by atoms with van der Waals surface area (Å²) in [7, 11) is 0. The van der Waals surface area contributed by atoms with Crippen LogP contribution in [0.5, 0.6) is 0 Å². The van der Waals surface area contributed by atoms with E-state index in [1.165, 1.54) is 20.5 Å². The molecule has 5 heteroatoms. The standard InChI is InChI=1S/C13H12Cl2INS/c1-2-17-12(8-5-3-4-6-10(8)16)9-7-11(14)18-13(9)15/h3-7,12,17H,2H2,1H3. The van der Waals surface area contributed by atoms with Gasteiger partial charge in [0.1, 0.15) is 0 Å². The highest BCUT2D eigenvalue weighted by atomic mass is 127. The number of halogens is 3. The summed E-state index contributed by atoms with van der Waals surface area (Å²) in [5.41, 5.74) is 2.29. The van der Waals surface area contributed by atoms with Crippen molar-refractivity contribution >= 4 is 57.1 Å². The first-order chi connectivity index (χ1) is 8.63. The van der Waals surface area contributed by atoms with E-state index in [9.17, 15) is 0 Å². The van der Waals surface area contributed by atoms with Crippen molar-refractivity contribution in [1.82, 2.24) is 5.32 Å². The van der Waals surface area contributed by atoms with Crippen molar-refractivity contribution in [2.24, 2.45) is 0 Å². The van der Waals surface area contributed by atoms with Crippen LogP contribution in [0.2, 0.25) is 8.67 Å². The highest BCUT2D eigenvalue weighted by Crippen LogP contribution is 2.38. The normalized spacial score (nSPS) is 12.7. The van der Waals surface area contributed by atoms with Crippen molar-refractivity contribution < 1.29 is 0 Å². The Hall–Kier alpha value is 0.190. The molecule has 2 rings (SSSR count). The molecule has 0 fully saturated rings. The van der Waals surface area contributed by atoms with Crippen LogP contribution in [-0.4, -0.2) is 6.54 Å². The summed E-state index contributed by atoms with van der Waals surface area (Å²) in [6, 6.07) is 10.4. The van der Waals surface area contributed by atoms with Gasteiger partial charge < -0.3 is 5.32 Å². The van der Waals surface area contributed by atoms with Crippen molar-refractivity contribution in [2.75, 3.05) is 6.54 Å². The molecular weight excluding hydrogens is 400 g/mol. The van der Waals surface area contributed by atoms with E-state index >= 15 is 0 Å². The van der Waals surface area contributed by atoms with Gasteiger partial charge >= 0.3 is 0 Å². The van der Waals surface area contributed by atoms with Crippen LogP contribution in [0.4, 0.5) is 0 Å². The van der Waals surface area contributed by atoms with Gasteiger partial charge in [-0.3, -0.25) is 0 Å². The number of hydrogen-bond acceptors (Lipinski definition) is 2. The molecule has 1 aromatic heterocycles. The summed E-state index contributed by atoms with van der Waals surface area (Å²) in [4.78, 5) is 0. The van der Waals surface area contributed by atoms with Crippen LogP contribution < -0.4 is 5.32 Å². The third kappa shape index (κ3) is 3.20. The minimum Gasteiger partial charge on any atom is -0.306 e. The molecule has 1 heterocycles. The average molecular weight is 412 g/mol. The Morgan fingerprint density at radius 3 is 2.56 bits per heavy atom. The highest BCUT2D eigenvalue weighted by Gasteiger charge is 2.20. The molecule has 96 valence electrons. The SMILES string of the molecule is CCNC(c1ccccc1I)c1cc(Cl)sc1Cl. The molecule has 0 aliphatic heterocycles. The zero-order valence-corrected chi connectivity index (χ0v) is 14.2. The van der Waals surface area contributed by atoms with Crippen LogP contribution >= 0.6 is 57.1 Å². The van der Waals surface area contributed by atoms with Crippen molar-refractivity contribution in [3.05, 3.63) is 53.7 Å². The number of benzene rings is 1. The topological polar surface area (TPSA) is 12.0 Å². The molecule has 1 unspecified atom stereocenters. The van der Waals surface area contributed by atoms with E-state index in [0.717, 1.165) is 20.8 Å². The monoisotopic (exact) mass is 411 g/mol. The molecule has 0 aliphatic carbocycles. The second-order valence-corrected chi connectivity index (χ2v) is 7.24. The summed E-state index contributed by atoms with van der Waals surface area (Å²) in [6.45, 7) is 2.96. The molecule has 2 aromatic rings. The summed E-state index contributed by atoms with van der Waals surface area (Å²) >= 11 is 16.1. The van der Waals surface area contributed by atoms with Gasteiger partial charge in [-0.05, 0) is 46.8 Å². The lowest BCUT2D eigenvalue weighted by molar-refractivity contribution is 0.630. The van der Waals surface area contributed by atoms with E-state index in [4.69, 9.17) is 23.2 Å². The number of rotatable bonds is 4. The van der Waals surface area contributed by atoms with Crippen molar-refractivity contribution in [1.29, 1.82) is 0 Å². The molecule has 0 saturated heterocycles. The first kappa shape index (κ1) is 14.6. The summed E-state index contributed by atoms with van der Waals surface area (Å²) in [6.07, 6.45) is 0. The summed E-state index contributed by atoms with van der Waals surface area (Å²) in [5, 5.41) is 3.47. The minimum absolute atomic E-state index is 0.0966. The molecule has 18 heavy (non-hydrogen) atoms. The molecule has 0 amide bonds. The first-order valence-electron chi connectivity index (χ1n) is 5.56. The summed E-state index contributed by atoms with van der Waals surface area (Å²) in [5.74, 6) is 0. The van der Waals surface area contributed by atoms with Crippen LogP contribution in [0.3, 0.4) is 0 Å². The Kier molecular flexibility index (Phi) is 5.33. The fourth-order valence-electron chi connectivity index (χ4n) is 1.85. The molecule has 0 aliphatic rings. The lowest BCUT2D eigenvalue weighted by atomic mass is 10.0. The van der Waals surface area contributed by atoms with Gasteiger partial charge in [-0.15, -0.1) is 11.3 Å². The third-order valence-corrected chi connectivity index (χ3v) is 5.12. The Morgan fingerprint density at radius 1 is 1.28 bits per heavy atom. The van der Waals surface area contributed by atoms with Gasteiger partial charge in [-0.25, -0.2) is 0 Å². The van der Waals surface area contributed by atoms with Crippen LogP contribution in [0.25, 0.3) is 0 Å². The van der Waals surface area contributed by atoms with Gasteiger partial charge in [0, 0.05) is 9.13 Å². The molecular formula is C13H12Cl2INS. The lowest BCUT2D eigenvalue weighted by Crippen LogP contribution is -2.22. The maximum Gasteiger partial charge on any atom is 0.0995 e. The molecule has 0 radical (unpaired) electrons. The van der Waals surface area contributed by atoms with E-state index < -0.39 is 0 Å². The van der Waals surface area contributed by atoms with E-state index in [-0.39, 0.29) is 6.04 Å². The van der Waals surface area contributed by atoms with Crippen LogP contribution in [0.1, 0.15) is 24.1 Å². The fourth-order valence-corrected chi connectivity index (χ4v) is 4.08. The molecule has 1 aromatic carbocycles. The van der Waals surface area contributed by atoms with Crippen LogP contribution in [0, 0.1) is 3.57 Å². The van der Waals surface area contributed by atoms with Gasteiger partial charge in [0.15, 0.2) is 0 Å². The maximum atomic E-state index is 6.27. The van der Waals surface area contributed by atoms with E-state index in [1.54, 1.807) is 0 Å². The molecule has 0 saturated carbocycles. The van der Waals surface area contributed by atoms with Gasteiger partial charge in [-0.2, -0.15) is 0 Å². The molecule has 0 spiro atoms. The summed E-state index contributed by atoms with van der Waals surface area (Å²) < 4.78 is 2.70. The van der Waals surface area contributed by atoms with E-state index in [1.807, 2.05) is 18.2 Å². The third-order valence-electron chi connectivity index (χ3n) is 2.62. The first-order valence-corrected chi connectivity index (χ1v) is 8.21. The minimum atomic E-state index is 0.0966. The Morgan fingerprint density at radius 2 is 2.00 bits per heavy atom. The maximum absolute atomic E-state index is 6.27. The Labute approximate surface area is 135 Å². The predicted molar refractivity (Wildman–Crippen MR) is 89.0 cm³/mol. The van der Waals surface area contributed by atoms with Crippen molar-refractivity contribution in [3.8, 4) is 0 Å². The lowest BCUT2D eigenvalue weighted by Gasteiger charge is -2.19. The van der Waals surface area contributed by atoms with Gasteiger partial charge in [-0.1, -0.05) is 48.3 Å². The number of nitrogens with one attached hydrogen (secondary N) is 1. The zero-order valence-electron chi connectivity index (χ0n) is 9.71. The fraction of sp³-hybridized carbons (Fsp3) is 0.231. The number of hydrogen-bond donors (Lipinski definition) is 1.